The predicted molar refractivity (Wildman–Crippen MR) is 294 cm³/mol. The number of nitrogens with one attached hydrogen (secondary N) is 3. The quantitative estimate of drug-likeness (QED) is 0.0212. The van der Waals surface area contributed by atoms with E-state index in [0.717, 1.165) is 104 Å². The second-order valence-electron chi connectivity index (χ2n) is 18.1. The fourth-order valence-corrected chi connectivity index (χ4v) is 9.44. The van der Waals surface area contributed by atoms with Crippen LogP contribution in [-0.2, 0) is 28.5 Å². The largest absolute Gasteiger partial charge is 0.494 e. The van der Waals surface area contributed by atoms with Crippen molar-refractivity contribution in [3.8, 4) is 22.9 Å². The Hall–Kier alpha value is -6.12. The minimum Gasteiger partial charge on any atom is -0.494 e. The van der Waals surface area contributed by atoms with E-state index < -0.39 is 5.91 Å². The number of anilines is 2. The van der Waals surface area contributed by atoms with Gasteiger partial charge < -0.3 is 44.5 Å². The van der Waals surface area contributed by atoms with Crippen LogP contribution in [0, 0.1) is 11.3 Å². The minimum absolute atomic E-state index is 0.00781. The summed E-state index contributed by atoms with van der Waals surface area (Å²) < 4.78 is 28.6. The SMILES string of the molecule is CCCC(NC(=O)/C(C#N)=C/c1nccs1)c1ccc(OCCCCCCCCOCCOCCOCCOCCNC(=O)c2ccc(-c3ccc4c(c3)C(Nc3ccc(Cl)cc3)C[C@H](C)N4C(C)=O)cc2)cc1. The number of unbranched alkanes of at least 4 members (excludes halogenated alkanes) is 5. The number of thiazole rings is 1. The lowest BCUT2D eigenvalue weighted by atomic mass is 9.88. The van der Waals surface area contributed by atoms with E-state index in [-0.39, 0.29) is 35.5 Å². The fraction of sp³-hybridized carbons (Fsp3) is 0.431. The van der Waals surface area contributed by atoms with Crippen LogP contribution in [0.15, 0.2) is 108 Å². The summed E-state index contributed by atoms with van der Waals surface area (Å²) >= 11 is 7.51. The van der Waals surface area contributed by atoms with Gasteiger partial charge in [-0.3, -0.25) is 14.4 Å². The monoisotopic (exact) mass is 1050 g/mol. The van der Waals surface area contributed by atoms with E-state index in [1.807, 2.05) is 95.9 Å². The van der Waals surface area contributed by atoms with Gasteiger partial charge in [0.1, 0.15) is 22.4 Å². The van der Waals surface area contributed by atoms with E-state index in [4.69, 9.17) is 35.3 Å². The maximum atomic E-state index is 12.9. The summed E-state index contributed by atoms with van der Waals surface area (Å²) in [6, 6.07) is 31.0. The lowest BCUT2D eigenvalue weighted by Gasteiger charge is -2.39. The molecule has 1 aliphatic rings. The molecule has 4 aromatic carbocycles. The first-order valence-corrected chi connectivity index (χ1v) is 27.1. The summed E-state index contributed by atoms with van der Waals surface area (Å²) in [6.07, 6.45) is 12.1. The summed E-state index contributed by atoms with van der Waals surface area (Å²) in [4.78, 5) is 44.4. The van der Waals surface area contributed by atoms with E-state index in [9.17, 15) is 19.6 Å². The fourth-order valence-electron chi connectivity index (χ4n) is 8.75. The van der Waals surface area contributed by atoms with Crippen LogP contribution < -0.4 is 25.6 Å². The van der Waals surface area contributed by atoms with Crippen molar-refractivity contribution >= 4 is 58.1 Å². The van der Waals surface area contributed by atoms with Gasteiger partial charge >= 0.3 is 0 Å². The molecule has 0 aliphatic carbocycles. The zero-order valence-electron chi connectivity index (χ0n) is 43.0. The third kappa shape index (κ3) is 18.7. The van der Waals surface area contributed by atoms with Crippen molar-refractivity contribution in [2.24, 2.45) is 0 Å². The molecule has 3 atom stereocenters. The number of nitrogens with zero attached hydrogens (tertiary/aromatic N) is 3. The number of hydrogen-bond acceptors (Lipinski definition) is 12. The number of nitriles is 1. The van der Waals surface area contributed by atoms with Gasteiger partial charge in [-0.1, -0.05) is 81.0 Å². The minimum atomic E-state index is -0.402. The molecule has 16 heteroatoms. The maximum Gasteiger partial charge on any atom is 0.262 e. The van der Waals surface area contributed by atoms with Crippen LogP contribution in [0.4, 0.5) is 11.4 Å². The highest BCUT2D eigenvalue weighted by atomic mass is 35.5. The molecule has 74 heavy (non-hydrogen) atoms. The topological polar surface area (TPSA) is 173 Å². The van der Waals surface area contributed by atoms with Gasteiger partial charge in [-0.25, -0.2) is 4.98 Å². The number of halogens is 1. The van der Waals surface area contributed by atoms with Crippen molar-refractivity contribution in [2.45, 2.75) is 96.7 Å². The van der Waals surface area contributed by atoms with Crippen LogP contribution in [-0.4, -0.2) is 94.8 Å². The van der Waals surface area contributed by atoms with Gasteiger partial charge in [0.25, 0.3) is 11.8 Å². The molecule has 3 amide bonds. The number of amides is 3. The molecule has 394 valence electrons. The van der Waals surface area contributed by atoms with E-state index in [0.29, 0.717) is 75.0 Å². The summed E-state index contributed by atoms with van der Waals surface area (Å²) in [5.41, 5.74) is 6.44. The summed E-state index contributed by atoms with van der Waals surface area (Å²) in [6.45, 7) is 10.8. The van der Waals surface area contributed by atoms with E-state index in [1.165, 1.54) is 17.4 Å². The highest BCUT2D eigenvalue weighted by Crippen LogP contribution is 2.41. The molecule has 0 saturated carbocycles. The molecular weight excluding hydrogens is 976 g/mol. The molecule has 0 fully saturated rings. The van der Waals surface area contributed by atoms with Crippen molar-refractivity contribution in [1.82, 2.24) is 15.6 Å². The average molecular weight is 1050 g/mol. The van der Waals surface area contributed by atoms with Crippen molar-refractivity contribution in [3.63, 3.8) is 0 Å². The Kier molecular flexibility index (Phi) is 24.4. The number of carbonyl (C=O) groups excluding carboxylic acids is 3. The molecule has 2 heterocycles. The van der Waals surface area contributed by atoms with Crippen LogP contribution >= 0.6 is 22.9 Å². The lowest BCUT2D eigenvalue weighted by molar-refractivity contribution is -0.118. The van der Waals surface area contributed by atoms with Crippen molar-refractivity contribution < 1.29 is 38.1 Å². The van der Waals surface area contributed by atoms with Gasteiger partial charge in [-0.2, -0.15) is 5.26 Å². The van der Waals surface area contributed by atoms with Gasteiger partial charge in [0.2, 0.25) is 5.91 Å². The first-order chi connectivity index (χ1) is 36.1. The normalized spacial score (nSPS) is 14.7. The van der Waals surface area contributed by atoms with Gasteiger partial charge in [0.05, 0.1) is 64.9 Å². The molecule has 0 bridgehead atoms. The predicted octanol–water partition coefficient (Wildman–Crippen LogP) is 11.5. The van der Waals surface area contributed by atoms with Crippen LogP contribution in [0.2, 0.25) is 5.02 Å². The zero-order chi connectivity index (χ0) is 52.3. The molecule has 3 N–H and O–H groups in total. The molecule has 5 aromatic rings. The summed E-state index contributed by atoms with van der Waals surface area (Å²) in [5, 5.41) is 22.2. The highest BCUT2D eigenvalue weighted by Gasteiger charge is 2.33. The van der Waals surface area contributed by atoms with Crippen molar-refractivity contribution in [1.29, 1.82) is 5.26 Å². The third-order valence-corrected chi connectivity index (χ3v) is 13.5. The van der Waals surface area contributed by atoms with Crippen molar-refractivity contribution in [3.05, 3.63) is 135 Å². The molecule has 1 aliphatic heterocycles. The number of benzene rings is 4. The Balaban J connectivity index is 0.729. The molecule has 1 aromatic heterocycles. The van der Waals surface area contributed by atoms with Gasteiger partial charge in [0.15, 0.2) is 0 Å². The number of aromatic nitrogens is 1. The molecule has 0 radical (unpaired) electrons. The molecule has 6 rings (SSSR count). The Morgan fingerprint density at radius 1 is 0.811 bits per heavy atom. The van der Waals surface area contributed by atoms with Gasteiger partial charge in [-0.05, 0) is 122 Å². The van der Waals surface area contributed by atoms with E-state index >= 15 is 0 Å². The summed E-state index contributed by atoms with van der Waals surface area (Å²) in [5.74, 6) is 0.237. The lowest BCUT2D eigenvalue weighted by Crippen LogP contribution is -2.43. The molecular formula is C58H71ClN6O8S. The Bertz CT molecular complexity index is 2550. The van der Waals surface area contributed by atoms with Crippen LogP contribution in [0.5, 0.6) is 5.75 Å². The average Bonchev–Trinajstić information content (AvgIpc) is 3.93. The van der Waals surface area contributed by atoms with Crippen LogP contribution in [0.3, 0.4) is 0 Å². The molecule has 0 spiro atoms. The molecule has 14 nitrogen and oxygen atoms in total. The van der Waals surface area contributed by atoms with Gasteiger partial charge in [-0.15, -0.1) is 11.3 Å². The van der Waals surface area contributed by atoms with E-state index in [1.54, 1.807) is 18.5 Å². The number of rotatable bonds is 32. The van der Waals surface area contributed by atoms with Crippen LogP contribution in [0.25, 0.3) is 17.2 Å². The Morgan fingerprint density at radius 2 is 1.45 bits per heavy atom. The summed E-state index contributed by atoms with van der Waals surface area (Å²) in [7, 11) is 0. The Labute approximate surface area is 445 Å². The highest BCUT2D eigenvalue weighted by molar-refractivity contribution is 7.10. The van der Waals surface area contributed by atoms with Crippen LogP contribution in [0.1, 0.15) is 117 Å². The molecule has 0 saturated heterocycles. The number of fused-ring (bicyclic) bond motifs is 1. The second kappa shape index (κ2) is 31.6. The number of ether oxygens (including phenoxy) is 5. The molecule has 2 unspecified atom stereocenters. The standard InChI is InChI=1S/C58H71ClN6O8S/c1-4-11-53(64-58(68)48(41-60)40-56-61-27-37-74-56)45-16-23-51(24-17-45)73-29-10-8-6-5-7-9-28-69-31-33-71-35-36-72-34-32-70-30-26-62-57(67)46-14-12-44(13-15-46)47-18-25-55-52(39-47)54(38-42(2)65(55)43(3)66)63-50-21-19-49(59)20-22-50/h12-25,27,37,39-40,42,53-54,63H,4-11,26,28-36,38H2,1-3H3,(H,62,67)(H,64,68)/b48-40+/t42-,53?,54?/m0/s1. The first-order valence-electron chi connectivity index (χ1n) is 25.8. The van der Waals surface area contributed by atoms with Gasteiger partial charge in [0, 0.05) is 59.7 Å². The second-order valence-corrected chi connectivity index (χ2v) is 19.5. The first kappa shape index (κ1) is 57.2. The number of carbonyl (C=O) groups is 3. The smallest absolute Gasteiger partial charge is 0.262 e. The third-order valence-electron chi connectivity index (χ3n) is 12.5. The van der Waals surface area contributed by atoms with E-state index in [2.05, 4.69) is 40.8 Å². The maximum absolute atomic E-state index is 12.9. The zero-order valence-corrected chi connectivity index (χ0v) is 44.5. The Morgan fingerprint density at radius 3 is 2.08 bits per heavy atom. The van der Waals surface area contributed by atoms with Crippen molar-refractivity contribution in [2.75, 3.05) is 76.2 Å². The number of hydrogen-bond donors (Lipinski definition) is 3.